The fraction of sp³-hybridized carbons (Fsp3) is 0.211. The molecular formula is C19H18N2O4. The van der Waals surface area contributed by atoms with E-state index < -0.39 is 10.9 Å². The number of nitrogens with zero attached hydrogens (tertiary/aromatic N) is 1. The molecule has 1 heterocycles. The minimum atomic E-state index is -1.19. The molecule has 0 fully saturated rings. The summed E-state index contributed by atoms with van der Waals surface area (Å²) >= 11 is 0. The molecule has 0 atom stereocenters. The summed E-state index contributed by atoms with van der Waals surface area (Å²) in [5, 5.41) is 23.8. The molecule has 2 aromatic carbocycles. The first-order valence-corrected chi connectivity index (χ1v) is 7.82. The van der Waals surface area contributed by atoms with Crippen LogP contribution in [0.3, 0.4) is 0 Å². The number of hydrogen-bond donors (Lipinski definition) is 2. The minimum absolute atomic E-state index is 0.0834. The van der Waals surface area contributed by atoms with Crippen molar-refractivity contribution in [3.05, 3.63) is 63.7 Å². The summed E-state index contributed by atoms with van der Waals surface area (Å²) in [4.78, 5) is 21.9. The number of carbonyl (C=O) groups is 1. The number of carboxylic acid groups (broad SMARTS) is 1. The molecule has 3 rings (SSSR count). The van der Waals surface area contributed by atoms with E-state index in [9.17, 15) is 20.0 Å². The first-order chi connectivity index (χ1) is 11.7. The summed E-state index contributed by atoms with van der Waals surface area (Å²) in [7, 11) is 0. The van der Waals surface area contributed by atoms with Gasteiger partial charge in [0.25, 0.3) is 5.69 Å². The third kappa shape index (κ3) is 3.10. The molecule has 0 spiro atoms. The van der Waals surface area contributed by atoms with Crippen LogP contribution in [-0.4, -0.2) is 21.5 Å². The predicted octanol–water partition coefficient (Wildman–Crippen LogP) is 4.57. The summed E-state index contributed by atoms with van der Waals surface area (Å²) in [6, 6.07) is 9.57. The molecule has 0 saturated heterocycles. The van der Waals surface area contributed by atoms with Gasteiger partial charge in [0.15, 0.2) is 0 Å². The molecule has 6 nitrogen and oxygen atoms in total. The van der Waals surface area contributed by atoms with Gasteiger partial charge in [-0.3, -0.25) is 10.1 Å². The molecule has 0 unspecified atom stereocenters. The maximum atomic E-state index is 11.6. The Labute approximate surface area is 145 Å². The largest absolute Gasteiger partial charge is 0.478 e. The highest BCUT2D eigenvalue weighted by Crippen LogP contribution is 2.37. The lowest BCUT2D eigenvalue weighted by Crippen LogP contribution is -2.31. The highest BCUT2D eigenvalue weighted by atomic mass is 16.6. The number of aromatic carboxylic acids is 1. The molecule has 0 aliphatic carbocycles. The standard InChI is InChI=1S/C19H18N2O4/c1-11-10-19(2,3)20-17-7-4-12(8-15(11)17)14-6-5-13(21(24)25)9-16(14)18(22)23/h4-10,20H,1-3H3,(H,22,23). The monoisotopic (exact) mass is 338 g/mol. The Morgan fingerprint density at radius 2 is 1.88 bits per heavy atom. The number of benzene rings is 2. The van der Waals surface area contributed by atoms with Crippen molar-refractivity contribution in [3.8, 4) is 11.1 Å². The summed E-state index contributed by atoms with van der Waals surface area (Å²) in [6.45, 7) is 6.16. The quantitative estimate of drug-likeness (QED) is 0.632. The van der Waals surface area contributed by atoms with Crippen molar-refractivity contribution in [2.45, 2.75) is 26.3 Å². The van der Waals surface area contributed by atoms with Crippen LogP contribution in [0.1, 0.15) is 36.7 Å². The summed E-state index contributed by atoms with van der Waals surface area (Å²) in [5.74, 6) is -1.19. The Hall–Kier alpha value is -3.15. The van der Waals surface area contributed by atoms with E-state index >= 15 is 0 Å². The highest BCUT2D eigenvalue weighted by Gasteiger charge is 2.23. The molecule has 6 heteroatoms. The van der Waals surface area contributed by atoms with Gasteiger partial charge in [0.2, 0.25) is 0 Å². The van der Waals surface area contributed by atoms with Crippen LogP contribution in [0.25, 0.3) is 16.7 Å². The average molecular weight is 338 g/mol. The highest BCUT2D eigenvalue weighted by molar-refractivity contribution is 5.97. The van der Waals surface area contributed by atoms with Crippen molar-refractivity contribution < 1.29 is 14.8 Å². The second-order valence-electron chi connectivity index (χ2n) is 6.73. The molecule has 2 aromatic rings. The number of carboxylic acids is 1. The normalized spacial score (nSPS) is 14.9. The number of nitro benzene ring substituents is 1. The molecule has 128 valence electrons. The van der Waals surface area contributed by atoms with E-state index in [1.165, 1.54) is 12.1 Å². The van der Waals surface area contributed by atoms with Gasteiger partial charge in [-0.2, -0.15) is 0 Å². The zero-order valence-electron chi connectivity index (χ0n) is 14.2. The number of hydrogen-bond acceptors (Lipinski definition) is 4. The van der Waals surface area contributed by atoms with E-state index in [1.54, 1.807) is 0 Å². The molecule has 2 N–H and O–H groups in total. The SMILES string of the molecule is CC1=CC(C)(C)Nc2ccc(-c3ccc([N+](=O)[O-])cc3C(=O)O)cc21. The van der Waals surface area contributed by atoms with Crippen LogP contribution in [-0.2, 0) is 0 Å². The molecule has 25 heavy (non-hydrogen) atoms. The molecular weight excluding hydrogens is 320 g/mol. The van der Waals surface area contributed by atoms with E-state index in [4.69, 9.17) is 0 Å². The van der Waals surface area contributed by atoms with Crippen molar-refractivity contribution in [1.82, 2.24) is 0 Å². The second kappa shape index (κ2) is 5.73. The van der Waals surface area contributed by atoms with Gasteiger partial charge in [0, 0.05) is 23.4 Å². The zero-order valence-corrected chi connectivity index (χ0v) is 14.2. The molecule has 0 saturated carbocycles. The van der Waals surface area contributed by atoms with Gasteiger partial charge in [0.1, 0.15) is 0 Å². The van der Waals surface area contributed by atoms with E-state index in [0.29, 0.717) is 11.1 Å². The number of nitro groups is 1. The van der Waals surface area contributed by atoms with Crippen LogP contribution in [0.4, 0.5) is 11.4 Å². The van der Waals surface area contributed by atoms with Crippen LogP contribution >= 0.6 is 0 Å². The van der Waals surface area contributed by atoms with Gasteiger partial charge in [-0.15, -0.1) is 0 Å². The van der Waals surface area contributed by atoms with Crippen molar-refractivity contribution >= 4 is 22.9 Å². The smallest absolute Gasteiger partial charge is 0.336 e. The van der Waals surface area contributed by atoms with Crippen molar-refractivity contribution in [3.63, 3.8) is 0 Å². The maximum Gasteiger partial charge on any atom is 0.336 e. The zero-order chi connectivity index (χ0) is 18.4. The van der Waals surface area contributed by atoms with Crippen LogP contribution in [0.5, 0.6) is 0 Å². The maximum absolute atomic E-state index is 11.6. The van der Waals surface area contributed by atoms with Gasteiger partial charge < -0.3 is 10.4 Å². The van der Waals surface area contributed by atoms with Gasteiger partial charge in [-0.05, 0) is 55.7 Å². The van der Waals surface area contributed by atoms with E-state index in [2.05, 4.69) is 25.2 Å². The summed E-state index contributed by atoms with van der Waals surface area (Å²) in [6.07, 6.45) is 2.12. The number of anilines is 1. The fourth-order valence-corrected chi connectivity index (χ4v) is 3.22. The minimum Gasteiger partial charge on any atom is -0.478 e. The molecule has 0 radical (unpaired) electrons. The lowest BCUT2D eigenvalue weighted by molar-refractivity contribution is -0.384. The summed E-state index contributed by atoms with van der Waals surface area (Å²) < 4.78 is 0. The van der Waals surface area contributed by atoms with Crippen molar-refractivity contribution in [2.24, 2.45) is 0 Å². The predicted molar refractivity (Wildman–Crippen MR) is 96.8 cm³/mol. The number of rotatable bonds is 3. The number of fused-ring (bicyclic) bond motifs is 1. The van der Waals surface area contributed by atoms with E-state index in [-0.39, 0.29) is 16.8 Å². The van der Waals surface area contributed by atoms with Gasteiger partial charge in [0.05, 0.1) is 16.0 Å². The second-order valence-corrected chi connectivity index (χ2v) is 6.73. The topological polar surface area (TPSA) is 92.5 Å². The number of allylic oxidation sites excluding steroid dienone is 1. The first-order valence-electron chi connectivity index (χ1n) is 7.82. The molecule has 0 bridgehead atoms. The lowest BCUT2D eigenvalue weighted by Gasteiger charge is -2.31. The fourth-order valence-electron chi connectivity index (χ4n) is 3.22. The number of nitrogens with one attached hydrogen (secondary N) is 1. The number of non-ortho nitro benzene ring substituents is 1. The van der Waals surface area contributed by atoms with Crippen LogP contribution in [0, 0.1) is 10.1 Å². The third-order valence-electron chi connectivity index (χ3n) is 4.23. The van der Waals surface area contributed by atoms with E-state index in [0.717, 1.165) is 22.9 Å². The lowest BCUT2D eigenvalue weighted by atomic mass is 9.88. The van der Waals surface area contributed by atoms with Gasteiger partial charge >= 0.3 is 5.97 Å². The van der Waals surface area contributed by atoms with Crippen LogP contribution < -0.4 is 5.32 Å². The first kappa shape index (κ1) is 16.7. The Balaban J connectivity index is 2.14. The average Bonchev–Trinajstić information content (AvgIpc) is 2.53. The van der Waals surface area contributed by atoms with Crippen molar-refractivity contribution in [2.75, 3.05) is 5.32 Å². The van der Waals surface area contributed by atoms with Gasteiger partial charge in [-0.1, -0.05) is 12.1 Å². The Morgan fingerprint density at radius 3 is 2.52 bits per heavy atom. The third-order valence-corrected chi connectivity index (χ3v) is 4.23. The van der Waals surface area contributed by atoms with Crippen LogP contribution in [0.2, 0.25) is 0 Å². The van der Waals surface area contributed by atoms with Crippen molar-refractivity contribution in [1.29, 1.82) is 0 Å². The van der Waals surface area contributed by atoms with E-state index in [1.807, 2.05) is 25.1 Å². The Kier molecular flexibility index (Phi) is 3.83. The molecule has 1 aliphatic rings. The summed E-state index contributed by atoms with van der Waals surface area (Å²) in [5.41, 5.74) is 3.76. The molecule has 0 aromatic heterocycles. The molecule has 1 aliphatic heterocycles. The van der Waals surface area contributed by atoms with Crippen LogP contribution in [0.15, 0.2) is 42.5 Å². The Morgan fingerprint density at radius 1 is 1.16 bits per heavy atom. The molecule has 0 amide bonds. The van der Waals surface area contributed by atoms with Gasteiger partial charge in [-0.25, -0.2) is 4.79 Å². The Bertz CT molecular complexity index is 929.